The van der Waals surface area contributed by atoms with Crippen molar-refractivity contribution in [3.05, 3.63) is 23.8 Å². The van der Waals surface area contributed by atoms with Crippen molar-refractivity contribution in [3.8, 4) is 5.75 Å². The zero-order chi connectivity index (χ0) is 16.7. The van der Waals surface area contributed by atoms with E-state index in [0.29, 0.717) is 6.61 Å². The van der Waals surface area contributed by atoms with Crippen molar-refractivity contribution in [2.45, 2.75) is 36.9 Å². The lowest BCUT2D eigenvalue weighted by Gasteiger charge is -2.20. The minimum Gasteiger partial charge on any atom is -0.496 e. The Morgan fingerprint density at radius 3 is 2.91 bits per heavy atom. The molecule has 1 N–H and O–H groups in total. The van der Waals surface area contributed by atoms with Gasteiger partial charge in [-0.25, -0.2) is 4.79 Å². The number of thioether (sulfide) groups is 1. The van der Waals surface area contributed by atoms with Gasteiger partial charge in [0.1, 0.15) is 5.75 Å². The highest BCUT2D eigenvalue weighted by Gasteiger charge is 2.18. The van der Waals surface area contributed by atoms with Crippen LogP contribution in [0.4, 0.5) is 0 Å². The molecule has 0 aliphatic carbocycles. The molecule has 1 unspecified atom stereocenters. The van der Waals surface area contributed by atoms with E-state index in [2.05, 4.69) is 5.16 Å². The smallest absolute Gasteiger partial charge is 0.354 e. The Morgan fingerprint density at radius 1 is 1.48 bits per heavy atom. The number of benzene rings is 1. The number of carbonyl (C=O) groups is 1. The van der Waals surface area contributed by atoms with Gasteiger partial charge < -0.3 is 19.4 Å². The molecule has 0 spiro atoms. The van der Waals surface area contributed by atoms with Crippen LogP contribution in [0.25, 0.3) is 0 Å². The number of carboxylic acid groups (broad SMARTS) is 1. The average Bonchev–Trinajstić information content (AvgIpc) is 2.59. The summed E-state index contributed by atoms with van der Waals surface area (Å²) in [5.41, 5.74) is 0.743. The molecule has 1 aliphatic rings. The minimum atomic E-state index is -1.10. The third-order valence-corrected chi connectivity index (χ3v) is 4.26. The Labute approximate surface area is 139 Å². The number of rotatable bonds is 7. The van der Waals surface area contributed by atoms with Crippen LogP contribution in [0.2, 0.25) is 0 Å². The second-order valence-corrected chi connectivity index (χ2v) is 5.96. The van der Waals surface area contributed by atoms with Crippen molar-refractivity contribution >= 4 is 23.4 Å². The van der Waals surface area contributed by atoms with Crippen LogP contribution in [0.15, 0.2) is 28.3 Å². The van der Waals surface area contributed by atoms with E-state index in [0.717, 1.165) is 35.5 Å². The topological polar surface area (TPSA) is 77.3 Å². The molecule has 6 nitrogen and oxygen atoms in total. The van der Waals surface area contributed by atoms with Gasteiger partial charge in [-0.2, -0.15) is 0 Å². The molecule has 1 saturated heterocycles. The highest BCUT2D eigenvalue weighted by molar-refractivity contribution is 7.98. The molecule has 2 rings (SSSR count). The molecular formula is C16H21NO5S. The number of methoxy groups -OCH3 is 1. The van der Waals surface area contributed by atoms with Crippen molar-refractivity contribution in [3.63, 3.8) is 0 Å². The van der Waals surface area contributed by atoms with E-state index in [-0.39, 0.29) is 12.1 Å². The number of oxime groups is 1. The Bertz CT molecular complexity index is 570. The number of aliphatic carboxylic acids is 1. The van der Waals surface area contributed by atoms with Gasteiger partial charge in [-0.3, -0.25) is 0 Å². The average molecular weight is 339 g/mol. The maximum absolute atomic E-state index is 11.4. The van der Waals surface area contributed by atoms with Crippen molar-refractivity contribution in [2.75, 3.05) is 20.0 Å². The maximum Gasteiger partial charge on any atom is 0.354 e. The van der Waals surface area contributed by atoms with Crippen LogP contribution >= 0.6 is 11.8 Å². The molecule has 1 heterocycles. The zero-order valence-corrected chi connectivity index (χ0v) is 14.1. The summed E-state index contributed by atoms with van der Waals surface area (Å²) < 4.78 is 10.7. The minimum absolute atomic E-state index is 0.0573. The van der Waals surface area contributed by atoms with Gasteiger partial charge in [0, 0.05) is 17.7 Å². The lowest BCUT2D eigenvalue weighted by molar-refractivity contribution is -0.162. The third kappa shape index (κ3) is 5.14. The summed E-state index contributed by atoms with van der Waals surface area (Å²) in [4.78, 5) is 17.6. The number of hydrogen-bond acceptors (Lipinski definition) is 6. The normalized spacial score (nSPS) is 18.5. The van der Waals surface area contributed by atoms with Crippen LogP contribution in [-0.4, -0.2) is 43.0 Å². The fourth-order valence-electron chi connectivity index (χ4n) is 2.25. The zero-order valence-electron chi connectivity index (χ0n) is 13.3. The van der Waals surface area contributed by atoms with Crippen molar-refractivity contribution in [1.29, 1.82) is 0 Å². The van der Waals surface area contributed by atoms with Crippen LogP contribution in [0, 0.1) is 0 Å². The Hall–Kier alpha value is -1.73. The highest BCUT2D eigenvalue weighted by Crippen LogP contribution is 2.28. The first-order valence-corrected chi connectivity index (χ1v) is 8.65. The molecular weight excluding hydrogens is 318 g/mol. The second kappa shape index (κ2) is 8.79. The van der Waals surface area contributed by atoms with Crippen LogP contribution in [0.5, 0.6) is 5.75 Å². The van der Waals surface area contributed by atoms with Gasteiger partial charge in [-0.05, 0) is 36.8 Å². The van der Waals surface area contributed by atoms with Crippen LogP contribution < -0.4 is 4.74 Å². The molecule has 1 aliphatic heterocycles. The van der Waals surface area contributed by atoms with Gasteiger partial charge in [-0.1, -0.05) is 11.2 Å². The molecule has 1 aromatic carbocycles. The van der Waals surface area contributed by atoms with Crippen molar-refractivity contribution in [1.82, 2.24) is 0 Å². The first-order valence-electron chi connectivity index (χ1n) is 7.42. The van der Waals surface area contributed by atoms with Gasteiger partial charge in [0.25, 0.3) is 0 Å². The third-order valence-electron chi connectivity index (χ3n) is 3.48. The molecule has 23 heavy (non-hydrogen) atoms. The quantitative estimate of drug-likeness (QED) is 0.467. The van der Waals surface area contributed by atoms with Gasteiger partial charge in [0.05, 0.1) is 13.7 Å². The molecule has 7 heteroatoms. The van der Waals surface area contributed by atoms with E-state index in [1.807, 2.05) is 24.5 Å². The number of carboxylic acids is 1. The molecule has 1 atom stereocenters. The summed E-state index contributed by atoms with van der Waals surface area (Å²) >= 11 is 1.57. The van der Waals surface area contributed by atoms with Crippen molar-refractivity contribution in [2.24, 2.45) is 5.16 Å². The van der Waals surface area contributed by atoms with E-state index < -0.39 is 12.3 Å². The summed E-state index contributed by atoms with van der Waals surface area (Å²) in [5, 5.41) is 13.1. The summed E-state index contributed by atoms with van der Waals surface area (Å²) in [6.45, 7) is 0.621. The maximum atomic E-state index is 11.4. The summed E-state index contributed by atoms with van der Waals surface area (Å²) in [6, 6.07) is 5.59. The number of nitrogens with zero attached hydrogens (tertiary/aromatic N) is 1. The highest BCUT2D eigenvalue weighted by atomic mass is 32.2. The van der Waals surface area contributed by atoms with Crippen LogP contribution in [0.1, 0.15) is 24.8 Å². The predicted molar refractivity (Wildman–Crippen MR) is 88.2 cm³/mol. The standard InChI is InChI=1S/C16H21NO5S/c1-20-13-10-11(6-7-14(13)23-2)9-12(16(18)19)17-22-15-5-3-4-8-21-15/h6-7,10,15H,3-5,8-9H2,1-2H3,(H,18,19)/b17-12-. The second-order valence-electron chi connectivity index (χ2n) is 5.11. The Balaban J connectivity index is 2.07. The molecule has 0 bridgehead atoms. The van der Waals surface area contributed by atoms with Gasteiger partial charge in [0.15, 0.2) is 5.71 Å². The molecule has 0 saturated carbocycles. The van der Waals surface area contributed by atoms with E-state index in [1.165, 1.54) is 0 Å². The Kier molecular flexibility index (Phi) is 6.73. The predicted octanol–water partition coefficient (Wildman–Crippen LogP) is 2.94. The molecule has 1 aromatic rings. The molecule has 0 aromatic heterocycles. The van der Waals surface area contributed by atoms with E-state index in [1.54, 1.807) is 18.9 Å². The molecule has 0 amide bonds. The lowest BCUT2D eigenvalue weighted by atomic mass is 10.1. The van der Waals surface area contributed by atoms with E-state index in [9.17, 15) is 9.90 Å². The van der Waals surface area contributed by atoms with Gasteiger partial charge in [-0.15, -0.1) is 11.8 Å². The van der Waals surface area contributed by atoms with E-state index in [4.69, 9.17) is 14.3 Å². The van der Waals surface area contributed by atoms with Crippen LogP contribution in [0.3, 0.4) is 0 Å². The Morgan fingerprint density at radius 2 is 2.30 bits per heavy atom. The first-order chi connectivity index (χ1) is 11.1. The van der Waals surface area contributed by atoms with Crippen LogP contribution in [-0.2, 0) is 20.8 Å². The summed E-state index contributed by atoms with van der Waals surface area (Å²) in [7, 11) is 1.59. The van der Waals surface area contributed by atoms with Gasteiger partial charge in [0.2, 0.25) is 6.29 Å². The fraction of sp³-hybridized carbons (Fsp3) is 0.500. The number of ether oxygens (including phenoxy) is 2. The summed E-state index contributed by atoms with van der Waals surface area (Å²) in [6.07, 6.45) is 4.39. The molecule has 126 valence electrons. The lowest BCUT2D eigenvalue weighted by Crippen LogP contribution is -2.23. The molecule has 1 fully saturated rings. The monoisotopic (exact) mass is 339 g/mol. The largest absolute Gasteiger partial charge is 0.496 e. The first kappa shape index (κ1) is 17.6. The molecule has 0 radical (unpaired) electrons. The van der Waals surface area contributed by atoms with Gasteiger partial charge >= 0.3 is 5.97 Å². The van der Waals surface area contributed by atoms with E-state index >= 15 is 0 Å². The SMILES string of the molecule is COc1cc(C/C(=N/OC2CCCCO2)C(=O)O)ccc1SC. The fourth-order valence-corrected chi connectivity index (χ4v) is 2.80. The van der Waals surface area contributed by atoms with Crippen molar-refractivity contribution < 1.29 is 24.2 Å². The summed E-state index contributed by atoms with van der Waals surface area (Å²) in [5.74, 6) is -0.384. The number of hydrogen-bond donors (Lipinski definition) is 1.